The average Bonchev–Trinajstić information content (AvgIpc) is 3.06. The molecular weight excluding hydrogens is 494 g/mol. The van der Waals surface area contributed by atoms with Gasteiger partial charge in [0, 0.05) is 17.1 Å². The largest absolute Gasteiger partial charge is 0.310 e. The third kappa shape index (κ3) is 5.02. The first-order valence-electron chi connectivity index (χ1n) is 14.0. The molecule has 0 aliphatic carbocycles. The molecule has 0 radical (unpaired) electrons. The molecule has 7 rings (SSSR count). The molecule has 1 nitrogen and oxygen atoms in total. The van der Waals surface area contributed by atoms with Crippen LogP contribution in [0, 0.1) is 0 Å². The highest BCUT2D eigenvalue weighted by molar-refractivity contribution is 5.97. The van der Waals surface area contributed by atoms with Crippen LogP contribution in [0.2, 0.25) is 0 Å². The summed E-state index contributed by atoms with van der Waals surface area (Å²) >= 11 is 0. The molecular formula is C40H29N. The van der Waals surface area contributed by atoms with E-state index in [1.54, 1.807) is 0 Å². The van der Waals surface area contributed by atoms with Gasteiger partial charge in [-0.15, -0.1) is 0 Å². The Morgan fingerprint density at radius 2 is 0.805 bits per heavy atom. The van der Waals surface area contributed by atoms with E-state index < -0.39 is 0 Å². The molecule has 194 valence electrons. The van der Waals surface area contributed by atoms with E-state index in [4.69, 9.17) is 0 Å². The second-order valence-electron chi connectivity index (χ2n) is 10.2. The number of nitrogens with zero attached hydrogens (tertiary/aromatic N) is 1. The maximum atomic E-state index is 2.33. The standard InChI is InChI=1S/C40H29N/c1-3-12-30(13-4-1)33-16-9-17-34(28-33)31-24-26-37(27-25-31)41(36-19-5-2-6-20-36)38-21-10-18-35(29-38)40-23-11-15-32-14-7-8-22-39(32)40/h1-29H. The van der Waals surface area contributed by atoms with Crippen molar-refractivity contribution in [2.45, 2.75) is 0 Å². The molecule has 0 atom stereocenters. The minimum atomic E-state index is 1.12. The summed E-state index contributed by atoms with van der Waals surface area (Å²) in [5.41, 5.74) is 10.7. The Kier molecular flexibility index (Phi) is 6.61. The van der Waals surface area contributed by atoms with Crippen molar-refractivity contribution in [1.29, 1.82) is 0 Å². The van der Waals surface area contributed by atoms with Crippen molar-refractivity contribution in [1.82, 2.24) is 0 Å². The minimum absolute atomic E-state index is 1.12. The minimum Gasteiger partial charge on any atom is -0.310 e. The molecule has 0 aromatic heterocycles. The van der Waals surface area contributed by atoms with Gasteiger partial charge in [-0.2, -0.15) is 0 Å². The fourth-order valence-electron chi connectivity index (χ4n) is 5.63. The third-order valence-corrected chi connectivity index (χ3v) is 7.65. The topological polar surface area (TPSA) is 3.24 Å². The Morgan fingerprint density at radius 3 is 1.59 bits per heavy atom. The van der Waals surface area contributed by atoms with Gasteiger partial charge in [0.05, 0.1) is 0 Å². The van der Waals surface area contributed by atoms with E-state index in [0.717, 1.165) is 17.1 Å². The highest BCUT2D eigenvalue weighted by Gasteiger charge is 2.14. The lowest BCUT2D eigenvalue weighted by atomic mass is 9.97. The van der Waals surface area contributed by atoms with Crippen LogP contribution in [0.4, 0.5) is 17.1 Å². The Labute approximate surface area is 241 Å². The van der Waals surface area contributed by atoms with Crippen molar-refractivity contribution >= 4 is 27.8 Å². The molecule has 0 spiro atoms. The van der Waals surface area contributed by atoms with Gasteiger partial charge in [-0.25, -0.2) is 0 Å². The molecule has 0 aliphatic heterocycles. The molecule has 0 N–H and O–H groups in total. The maximum absolute atomic E-state index is 2.33. The Morgan fingerprint density at radius 1 is 0.293 bits per heavy atom. The highest BCUT2D eigenvalue weighted by atomic mass is 15.1. The maximum Gasteiger partial charge on any atom is 0.0467 e. The molecule has 7 aromatic rings. The predicted molar refractivity (Wildman–Crippen MR) is 175 cm³/mol. The van der Waals surface area contributed by atoms with E-state index >= 15 is 0 Å². The number of rotatable bonds is 6. The lowest BCUT2D eigenvalue weighted by molar-refractivity contribution is 1.28. The van der Waals surface area contributed by atoms with Gasteiger partial charge in [0.15, 0.2) is 0 Å². The number of anilines is 3. The van der Waals surface area contributed by atoms with Crippen LogP contribution in [0.25, 0.3) is 44.2 Å². The van der Waals surface area contributed by atoms with Gasteiger partial charge in [-0.3, -0.25) is 0 Å². The molecule has 41 heavy (non-hydrogen) atoms. The highest BCUT2D eigenvalue weighted by Crippen LogP contribution is 2.38. The van der Waals surface area contributed by atoms with Gasteiger partial charge in [0.25, 0.3) is 0 Å². The summed E-state index contributed by atoms with van der Waals surface area (Å²) < 4.78 is 0. The first kappa shape index (κ1) is 24.6. The molecule has 7 aromatic carbocycles. The van der Waals surface area contributed by atoms with Crippen molar-refractivity contribution < 1.29 is 0 Å². The molecule has 0 saturated carbocycles. The van der Waals surface area contributed by atoms with Crippen LogP contribution >= 0.6 is 0 Å². The lowest BCUT2D eigenvalue weighted by Gasteiger charge is -2.26. The van der Waals surface area contributed by atoms with E-state index in [1.807, 2.05) is 0 Å². The van der Waals surface area contributed by atoms with E-state index in [9.17, 15) is 0 Å². The van der Waals surface area contributed by atoms with E-state index in [0.29, 0.717) is 0 Å². The SMILES string of the molecule is c1ccc(-c2cccc(-c3ccc(N(c4ccccc4)c4cccc(-c5cccc6ccccc56)c4)cc3)c2)cc1. The summed E-state index contributed by atoms with van der Waals surface area (Å²) in [6.45, 7) is 0. The summed E-state index contributed by atoms with van der Waals surface area (Å²) in [5.74, 6) is 0. The lowest BCUT2D eigenvalue weighted by Crippen LogP contribution is -2.09. The number of para-hydroxylation sites is 1. The van der Waals surface area contributed by atoms with Gasteiger partial charge in [0.1, 0.15) is 0 Å². The zero-order valence-electron chi connectivity index (χ0n) is 22.7. The molecule has 0 amide bonds. The van der Waals surface area contributed by atoms with Crippen LogP contribution in [0.3, 0.4) is 0 Å². The van der Waals surface area contributed by atoms with Crippen LogP contribution in [-0.4, -0.2) is 0 Å². The zero-order chi connectivity index (χ0) is 27.4. The zero-order valence-corrected chi connectivity index (χ0v) is 22.7. The normalized spacial score (nSPS) is 10.9. The smallest absolute Gasteiger partial charge is 0.0467 e. The summed E-state index contributed by atoms with van der Waals surface area (Å²) in [5, 5.41) is 2.52. The summed E-state index contributed by atoms with van der Waals surface area (Å²) in [6, 6.07) is 62.8. The molecule has 0 saturated heterocycles. The molecule has 0 unspecified atom stereocenters. The number of hydrogen-bond acceptors (Lipinski definition) is 1. The van der Waals surface area contributed by atoms with Crippen LogP contribution in [0.5, 0.6) is 0 Å². The van der Waals surface area contributed by atoms with E-state index in [-0.39, 0.29) is 0 Å². The first-order valence-corrected chi connectivity index (χ1v) is 14.0. The average molecular weight is 524 g/mol. The van der Waals surface area contributed by atoms with Gasteiger partial charge >= 0.3 is 0 Å². The number of hydrogen-bond donors (Lipinski definition) is 0. The Hall–Kier alpha value is -5.40. The fourth-order valence-corrected chi connectivity index (χ4v) is 5.63. The van der Waals surface area contributed by atoms with Gasteiger partial charge in [0.2, 0.25) is 0 Å². The van der Waals surface area contributed by atoms with Gasteiger partial charge < -0.3 is 4.90 Å². The van der Waals surface area contributed by atoms with Crippen LogP contribution in [0.1, 0.15) is 0 Å². The predicted octanol–water partition coefficient (Wildman–Crippen LogP) is 11.3. The molecule has 1 heteroatoms. The van der Waals surface area contributed by atoms with Crippen LogP contribution in [-0.2, 0) is 0 Å². The quantitative estimate of drug-likeness (QED) is 0.209. The summed E-state index contributed by atoms with van der Waals surface area (Å²) in [7, 11) is 0. The van der Waals surface area contributed by atoms with Crippen LogP contribution < -0.4 is 4.90 Å². The van der Waals surface area contributed by atoms with Gasteiger partial charge in [-0.1, -0.05) is 133 Å². The van der Waals surface area contributed by atoms with Crippen molar-refractivity contribution in [2.75, 3.05) is 4.90 Å². The number of fused-ring (bicyclic) bond motifs is 1. The monoisotopic (exact) mass is 523 g/mol. The first-order chi connectivity index (χ1) is 20.3. The van der Waals surface area contributed by atoms with Crippen molar-refractivity contribution in [2.24, 2.45) is 0 Å². The van der Waals surface area contributed by atoms with Crippen molar-refractivity contribution in [3.05, 3.63) is 176 Å². The summed E-state index contributed by atoms with van der Waals surface area (Å²) in [6.07, 6.45) is 0. The molecule has 0 aliphatic rings. The van der Waals surface area contributed by atoms with Gasteiger partial charge in [-0.05, 0) is 86.6 Å². The van der Waals surface area contributed by atoms with Crippen molar-refractivity contribution in [3.8, 4) is 33.4 Å². The van der Waals surface area contributed by atoms with Crippen molar-refractivity contribution in [3.63, 3.8) is 0 Å². The number of benzene rings is 7. The Bertz CT molecular complexity index is 1920. The van der Waals surface area contributed by atoms with E-state index in [1.165, 1.54) is 44.2 Å². The summed E-state index contributed by atoms with van der Waals surface area (Å²) in [4.78, 5) is 2.33. The third-order valence-electron chi connectivity index (χ3n) is 7.65. The molecule has 0 heterocycles. The van der Waals surface area contributed by atoms with Crippen LogP contribution in [0.15, 0.2) is 176 Å². The fraction of sp³-hybridized carbons (Fsp3) is 0. The second-order valence-corrected chi connectivity index (χ2v) is 10.2. The second kappa shape index (κ2) is 11.0. The molecule has 0 fully saturated rings. The van der Waals surface area contributed by atoms with E-state index in [2.05, 4.69) is 181 Å². The molecule has 0 bridgehead atoms. The Balaban J connectivity index is 1.28.